The number of nitrogen functional groups attached to an aromatic ring is 1. The molecule has 0 amide bonds. The molecule has 0 saturated heterocycles. The quantitative estimate of drug-likeness (QED) is 0.190. The summed E-state index contributed by atoms with van der Waals surface area (Å²) in [7, 11) is 0. The number of aromatic nitrogens is 1. The molecule has 2 aromatic carbocycles. The highest BCUT2D eigenvalue weighted by atomic mass is 19.4. The second-order valence-electron chi connectivity index (χ2n) is 7.89. The molecular formula is C24H22F3N7O2. The number of non-ortho nitro benzene ring substituents is 1. The number of hydrogen-bond donors (Lipinski definition) is 2. The minimum atomic E-state index is -4.91. The first-order valence-electron chi connectivity index (χ1n) is 10.9. The van der Waals surface area contributed by atoms with Gasteiger partial charge in [0.1, 0.15) is 11.8 Å². The first kappa shape index (κ1) is 26.1. The molecule has 0 aliphatic heterocycles. The van der Waals surface area contributed by atoms with Gasteiger partial charge in [0.25, 0.3) is 5.69 Å². The van der Waals surface area contributed by atoms with Gasteiger partial charge in [-0.1, -0.05) is 25.5 Å². The number of azo groups is 1. The van der Waals surface area contributed by atoms with Gasteiger partial charge in [0, 0.05) is 23.4 Å². The number of rotatable bonds is 8. The van der Waals surface area contributed by atoms with Gasteiger partial charge >= 0.3 is 6.18 Å². The molecule has 36 heavy (non-hydrogen) atoms. The van der Waals surface area contributed by atoms with Crippen molar-refractivity contribution in [2.45, 2.75) is 39.3 Å². The van der Waals surface area contributed by atoms with Gasteiger partial charge in [0.15, 0.2) is 11.6 Å². The van der Waals surface area contributed by atoms with Crippen LogP contribution in [0.1, 0.15) is 42.0 Å². The van der Waals surface area contributed by atoms with Crippen LogP contribution in [0, 0.1) is 28.4 Å². The van der Waals surface area contributed by atoms with Crippen molar-refractivity contribution in [3.8, 4) is 6.07 Å². The molecule has 1 aromatic heterocycles. The normalized spacial score (nSPS) is 11.4. The van der Waals surface area contributed by atoms with E-state index in [0.717, 1.165) is 31.4 Å². The zero-order valence-corrected chi connectivity index (χ0v) is 19.4. The summed E-state index contributed by atoms with van der Waals surface area (Å²) in [4.78, 5) is 14.1. The van der Waals surface area contributed by atoms with Gasteiger partial charge in [-0.05, 0) is 43.5 Å². The molecule has 9 nitrogen and oxygen atoms in total. The average molecular weight is 497 g/mol. The largest absolute Gasteiger partial charge is 0.418 e. The van der Waals surface area contributed by atoms with Gasteiger partial charge < -0.3 is 11.1 Å². The van der Waals surface area contributed by atoms with Gasteiger partial charge in [0.2, 0.25) is 0 Å². The molecule has 3 aromatic rings. The minimum Gasteiger partial charge on any atom is -0.382 e. The predicted molar refractivity (Wildman–Crippen MR) is 129 cm³/mol. The summed E-state index contributed by atoms with van der Waals surface area (Å²) in [5.74, 6) is 0.00635. The fourth-order valence-electron chi connectivity index (χ4n) is 3.40. The topological polar surface area (TPSA) is 143 Å². The summed E-state index contributed by atoms with van der Waals surface area (Å²) >= 11 is 0. The Bertz CT molecular complexity index is 1350. The van der Waals surface area contributed by atoms with Gasteiger partial charge in [-0.3, -0.25) is 10.1 Å². The predicted octanol–water partition coefficient (Wildman–Crippen LogP) is 7.27. The Morgan fingerprint density at radius 3 is 2.47 bits per heavy atom. The molecule has 0 radical (unpaired) electrons. The number of hydrogen-bond acceptors (Lipinski definition) is 8. The summed E-state index contributed by atoms with van der Waals surface area (Å²) in [5.41, 5.74) is 5.41. The Morgan fingerprint density at radius 2 is 1.89 bits per heavy atom. The van der Waals surface area contributed by atoms with Crippen molar-refractivity contribution < 1.29 is 18.1 Å². The molecule has 3 N–H and O–H groups in total. The van der Waals surface area contributed by atoms with E-state index < -0.39 is 28.0 Å². The van der Waals surface area contributed by atoms with E-state index in [1.54, 1.807) is 0 Å². The van der Waals surface area contributed by atoms with Gasteiger partial charge in [-0.15, -0.1) is 10.2 Å². The molecule has 0 atom stereocenters. The number of nitro groups is 1. The monoisotopic (exact) mass is 497 g/mol. The fourth-order valence-corrected chi connectivity index (χ4v) is 3.40. The Balaban J connectivity index is 1.95. The summed E-state index contributed by atoms with van der Waals surface area (Å²) in [6, 6.07) is 11.7. The molecule has 12 heteroatoms. The second-order valence-corrected chi connectivity index (χ2v) is 7.89. The summed E-state index contributed by atoms with van der Waals surface area (Å²) in [5, 5.41) is 31.0. The molecule has 0 aliphatic carbocycles. The van der Waals surface area contributed by atoms with E-state index in [0.29, 0.717) is 11.8 Å². The number of aryl methyl sites for hydroxylation is 1. The molecule has 0 fully saturated rings. The van der Waals surface area contributed by atoms with E-state index in [2.05, 4.69) is 27.5 Å². The standard InChI is InChI=1S/C24H22F3N7O2/c1-3-4-5-15-6-8-16(9-7-15)30-23-18(13-28)14(2)21(22(29)31-23)33-32-20-11-10-17(34(35)36)12-19(20)24(25,26)27/h6-12H,3-5H2,1-2H3,(H3,29,30,31). The fraction of sp³-hybridized carbons (Fsp3) is 0.250. The number of nitro benzene ring substituents is 1. The molecule has 0 unspecified atom stereocenters. The molecule has 0 spiro atoms. The lowest BCUT2D eigenvalue weighted by Crippen LogP contribution is -2.06. The van der Waals surface area contributed by atoms with Crippen LogP contribution in [0.4, 0.5) is 47.6 Å². The van der Waals surface area contributed by atoms with Crippen LogP contribution in [0.2, 0.25) is 0 Å². The van der Waals surface area contributed by atoms with Gasteiger partial charge in [-0.25, -0.2) is 4.98 Å². The number of nitrogens with one attached hydrogen (secondary N) is 1. The lowest BCUT2D eigenvalue weighted by molar-refractivity contribution is -0.385. The van der Waals surface area contributed by atoms with E-state index in [1.807, 2.05) is 30.3 Å². The zero-order chi connectivity index (χ0) is 26.5. The zero-order valence-electron chi connectivity index (χ0n) is 19.4. The van der Waals surface area contributed by atoms with Crippen molar-refractivity contribution in [3.63, 3.8) is 0 Å². The third kappa shape index (κ3) is 5.93. The molecule has 0 saturated carbocycles. The van der Waals surface area contributed by atoms with Crippen molar-refractivity contribution in [2.24, 2.45) is 10.2 Å². The Hall–Kier alpha value is -4.53. The summed E-state index contributed by atoms with van der Waals surface area (Å²) in [6.07, 6.45) is -1.80. The summed E-state index contributed by atoms with van der Waals surface area (Å²) < 4.78 is 40.3. The van der Waals surface area contributed by atoms with Crippen molar-refractivity contribution >= 4 is 34.4 Å². The number of unbranched alkanes of at least 4 members (excludes halogenated alkanes) is 1. The maximum absolute atomic E-state index is 13.4. The van der Waals surface area contributed by atoms with Crippen LogP contribution in [0.15, 0.2) is 52.7 Å². The number of nitrogens with zero attached hydrogens (tertiary/aromatic N) is 5. The molecule has 3 rings (SSSR count). The average Bonchev–Trinajstić information content (AvgIpc) is 2.83. The van der Waals surface area contributed by atoms with E-state index in [9.17, 15) is 28.5 Å². The Labute approximate surface area is 204 Å². The van der Waals surface area contributed by atoms with Crippen LogP contribution in [-0.4, -0.2) is 9.91 Å². The maximum Gasteiger partial charge on any atom is 0.418 e. The maximum atomic E-state index is 13.4. The van der Waals surface area contributed by atoms with Crippen LogP contribution in [0.25, 0.3) is 0 Å². The Kier molecular flexibility index (Phi) is 7.83. The van der Waals surface area contributed by atoms with Crippen LogP contribution >= 0.6 is 0 Å². The van der Waals surface area contributed by atoms with Crippen LogP contribution < -0.4 is 11.1 Å². The van der Waals surface area contributed by atoms with Crippen molar-refractivity contribution in [1.82, 2.24) is 4.98 Å². The second kappa shape index (κ2) is 10.8. The number of nitrogens with two attached hydrogens (primary N) is 1. The Morgan fingerprint density at radius 1 is 1.19 bits per heavy atom. The van der Waals surface area contributed by atoms with Crippen molar-refractivity contribution in [3.05, 3.63) is 74.8 Å². The van der Waals surface area contributed by atoms with Crippen LogP contribution in [0.3, 0.4) is 0 Å². The van der Waals surface area contributed by atoms with E-state index in [-0.39, 0.29) is 28.5 Å². The molecular weight excluding hydrogens is 475 g/mol. The first-order valence-corrected chi connectivity index (χ1v) is 10.9. The van der Waals surface area contributed by atoms with Crippen LogP contribution in [0.5, 0.6) is 0 Å². The SMILES string of the molecule is CCCCc1ccc(Nc2nc(N)c(N=Nc3ccc([N+](=O)[O-])cc3C(F)(F)F)c(C)c2C#N)cc1. The number of alkyl halides is 3. The number of anilines is 3. The molecule has 186 valence electrons. The highest BCUT2D eigenvalue weighted by Crippen LogP contribution is 2.40. The van der Waals surface area contributed by atoms with Crippen molar-refractivity contribution in [2.75, 3.05) is 11.1 Å². The third-order valence-corrected chi connectivity index (χ3v) is 5.34. The van der Waals surface area contributed by atoms with E-state index in [4.69, 9.17) is 5.73 Å². The molecule has 0 aliphatic rings. The third-order valence-electron chi connectivity index (χ3n) is 5.34. The number of pyridine rings is 1. The number of halogens is 3. The highest BCUT2D eigenvalue weighted by Gasteiger charge is 2.35. The van der Waals surface area contributed by atoms with Gasteiger partial charge in [-0.2, -0.15) is 18.4 Å². The number of nitriles is 1. The molecule has 0 bridgehead atoms. The lowest BCUT2D eigenvalue weighted by atomic mass is 10.1. The van der Waals surface area contributed by atoms with Crippen molar-refractivity contribution in [1.29, 1.82) is 5.26 Å². The van der Waals surface area contributed by atoms with Gasteiger partial charge in [0.05, 0.1) is 21.7 Å². The van der Waals surface area contributed by atoms with E-state index >= 15 is 0 Å². The lowest BCUT2D eigenvalue weighted by Gasteiger charge is -2.13. The molecule has 1 heterocycles. The van der Waals surface area contributed by atoms with E-state index in [1.165, 1.54) is 12.5 Å². The first-order chi connectivity index (χ1) is 17.0. The van der Waals surface area contributed by atoms with Crippen LogP contribution in [-0.2, 0) is 12.6 Å². The smallest absolute Gasteiger partial charge is 0.382 e. The minimum absolute atomic E-state index is 0.0847. The summed E-state index contributed by atoms with van der Waals surface area (Å²) in [6.45, 7) is 3.63. The number of benzene rings is 2. The highest BCUT2D eigenvalue weighted by molar-refractivity contribution is 5.75.